The van der Waals surface area contributed by atoms with E-state index in [1.807, 2.05) is 30.3 Å². The maximum absolute atomic E-state index is 11.5. The van der Waals surface area contributed by atoms with Gasteiger partial charge in [-0.3, -0.25) is 9.69 Å². The first-order valence-corrected chi connectivity index (χ1v) is 7.43. The summed E-state index contributed by atoms with van der Waals surface area (Å²) >= 11 is 0. The smallest absolute Gasteiger partial charge is 0.312 e. The zero-order valence-corrected chi connectivity index (χ0v) is 12.2. The highest BCUT2D eigenvalue weighted by Gasteiger charge is 2.25. The molecule has 1 heterocycles. The van der Waals surface area contributed by atoms with Crippen molar-refractivity contribution in [3.05, 3.63) is 35.9 Å². The molecule has 0 saturated carbocycles. The number of carboxylic acid groups (broad SMARTS) is 1. The van der Waals surface area contributed by atoms with E-state index in [2.05, 4.69) is 16.7 Å². The lowest BCUT2D eigenvalue weighted by Crippen LogP contribution is -2.48. The van der Waals surface area contributed by atoms with Crippen LogP contribution in [0.2, 0.25) is 0 Å². The van der Waals surface area contributed by atoms with Crippen molar-refractivity contribution in [2.45, 2.75) is 19.3 Å². The summed E-state index contributed by atoms with van der Waals surface area (Å²) in [5, 5.41) is 9.46. The van der Waals surface area contributed by atoms with Gasteiger partial charge in [-0.25, -0.2) is 0 Å². The Balaban J connectivity index is 1.92. The Morgan fingerprint density at radius 3 is 2.30 bits per heavy atom. The van der Waals surface area contributed by atoms with Crippen molar-refractivity contribution in [1.29, 1.82) is 0 Å². The second-order valence-electron chi connectivity index (χ2n) is 5.44. The molecule has 1 unspecified atom stereocenters. The van der Waals surface area contributed by atoms with E-state index in [1.54, 1.807) is 0 Å². The average Bonchev–Trinajstić information content (AvgIpc) is 2.47. The van der Waals surface area contributed by atoms with Gasteiger partial charge in [-0.05, 0) is 18.5 Å². The Labute approximate surface area is 121 Å². The molecule has 1 aliphatic rings. The Bertz CT molecular complexity index is 414. The average molecular weight is 276 g/mol. The fourth-order valence-corrected chi connectivity index (χ4v) is 2.78. The van der Waals surface area contributed by atoms with Gasteiger partial charge in [0.1, 0.15) is 0 Å². The van der Waals surface area contributed by atoms with Crippen LogP contribution < -0.4 is 0 Å². The third-order valence-electron chi connectivity index (χ3n) is 3.95. The standard InChI is InChI=1S/C16H24N2O2/c1-2-8-17-9-11-18(12-10-17)13-15(16(19)20)14-6-4-3-5-7-14/h3-7,15H,2,8-13H2,1H3,(H,19,20). The van der Waals surface area contributed by atoms with Gasteiger partial charge in [0.25, 0.3) is 0 Å². The number of rotatable bonds is 6. The molecule has 20 heavy (non-hydrogen) atoms. The van der Waals surface area contributed by atoms with Crippen molar-refractivity contribution in [1.82, 2.24) is 9.80 Å². The second kappa shape index (κ2) is 7.41. The molecule has 0 radical (unpaired) electrons. The molecule has 1 N–H and O–H groups in total. The molecule has 1 atom stereocenters. The largest absolute Gasteiger partial charge is 0.481 e. The molecule has 2 rings (SSSR count). The Morgan fingerprint density at radius 2 is 1.75 bits per heavy atom. The van der Waals surface area contributed by atoms with E-state index >= 15 is 0 Å². The van der Waals surface area contributed by atoms with Crippen molar-refractivity contribution >= 4 is 5.97 Å². The third-order valence-corrected chi connectivity index (χ3v) is 3.95. The number of hydrogen-bond donors (Lipinski definition) is 1. The Kier molecular flexibility index (Phi) is 5.56. The molecule has 1 fully saturated rings. The molecule has 0 bridgehead atoms. The van der Waals surface area contributed by atoms with E-state index in [9.17, 15) is 9.90 Å². The third kappa shape index (κ3) is 4.05. The molecular weight excluding hydrogens is 252 g/mol. The van der Waals surface area contributed by atoms with Gasteiger partial charge in [0.15, 0.2) is 0 Å². The fourth-order valence-electron chi connectivity index (χ4n) is 2.78. The summed E-state index contributed by atoms with van der Waals surface area (Å²) in [6.07, 6.45) is 1.18. The van der Waals surface area contributed by atoms with Gasteiger partial charge in [0.2, 0.25) is 0 Å². The summed E-state index contributed by atoms with van der Waals surface area (Å²) in [4.78, 5) is 16.2. The van der Waals surface area contributed by atoms with Crippen molar-refractivity contribution in [2.75, 3.05) is 39.3 Å². The first kappa shape index (κ1) is 15.0. The number of hydrogen-bond acceptors (Lipinski definition) is 3. The zero-order valence-electron chi connectivity index (χ0n) is 12.2. The highest BCUT2D eigenvalue weighted by Crippen LogP contribution is 2.18. The molecular formula is C16H24N2O2. The van der Waals surface area contributed by atoms with Crippen LogP contribution in [0.15, 0.2) is 30.3 Å². The lowest BCUT2D eigenvalue weighted by Gasteiger charge is -2.35. The number of carboxylic acids is 1. The molecule has 0 aliphatic carbocycles. The van der Waals surface area contributed by atoms with Gasteiger partial charge in [-0.1, -0.05) is 37.3 Å². The molecule has 4 nitrogen and oxygen atoms in total. The molecule has 1 aromatic rings. The Hall–Kier alpha value is -1.39. The van der Waals surface area contributed by atoms with Gasteiger partial charge >= 0.3 is 5.97 Å². The lowest BCUT2D eigenvalue weighted by molar-refractivity contribution is -0.139. The summed E-state index contributed by atoms with van der Waals surface area (Å²) in [5.41, 5.74) is 0.899. The molecule has 0 aromatic heterocycles. The topological polar surface area (TPSA) is 43.8 Å². The van der Waals surface area contributed by atoms with E-state index < -0.39 is 11.9 Å². The summed E-state index contributed by atoms with van der Waals surface area (Å²) in [6.45, 7) is 7.99. The van der Waals surface area contributed by atoms with Crippen molar-refractivity contribution in [2.24, 2.45) is 0 Å². The van der Waals surface area contributed by atoms with Crippen molar-refractivity contribution < 1.29 is 9.90 Å². The van der Waals surface area contributed by atoms with E-state index in [0.717, 1.165) is 38.3 Å². The van der Waals surface area contributed by atoms with Crippen molar-refractivity contribution in [3.8, 4) is 0 Å². The highest BCUT2D eigenvalue weighted by atomic mass is 16.4. The molecule has 1 aliphatic heterocycles. The van der Waals surface area contributed by atoms with Gasteiger partial charge < -0.3 is 10.0 Å². The van der Waals surface area contributed by atoms with E-state index in [4.69, 9.17) is 0 Å². The molecule has 0 amide bonds. The number of aliphatic carboxylic acids is 1. The van der Waals surface area contributed by atoms with Gasteiger partial charge in [0, 0.05) is 32.7 Å². The van der Waals surface area contributed by atoms with Crippen LogP contribution in [-0.4, -0.2) is 60.1 Å². The fraction of sp³-hybridized carbons (Fsp3) is 0.562. The SMILES string of the molecule is CCCN1CCN(CC(C(=O)O)c2ccccc2)CC1. The van der Waals surface area contributed by atoms with Crippen LogP contribution in [0.3, 0.4) is 0 Å². The van der Waals surface area contributed by atoms with Gasteiger partial charge in [0.05, 0.1) is 5.92 Å². The quantitative estimate of drug-likeness (QED) is 0.861. The van der Waals surface area contributed by atoms with E-state index in [-0.39, 0.29) is 0 Å². The van der Waals surface area contributed by atoms with Gasteiger partial charge in [-0.15, -0.1) is 0 Å². The summed E-state index contributed by atoms with van der Waals surface area (Å²) in [6, 6.07) is 9.55. The van der Waals surface area contributed by atoms with E-state index in [0.29, 0.717) is 6.54 Å². The first-order chi connectivity index (χ1) is 9.70. The lowest BCUT2D eigenvalue weighted by atomic mass is 9.98. The normalized spacial score (nSPS) is 18.9. The van der Waals surface area contributed by atoms with Crippen molar-refractivity contribution in [3.63, 3.8) is 0 Å². The summed E-state index contributed by atoms with van der Waals surface area (Å²) in [5.74, 6) is -1.15. The van der Waals surface area contributed by atoms with Crippen LogP contribution in [0.25, 0.3) is 0 Å². The first-order valence-electron chi connectivity index (χ1n) is 7.43. The molecule has 4 heteroatoms. The van der Waals surface area contributed by atoms with Crippen LogP contribution in [0.1, 0.15) is 24.8 Å². The van der Waals surface area contributed by atoms with Crippen LogP contribution >= 0.6 is 0 Å². The predicted octanol–water partition coefficient (Wildman–Crippen LogP) is 1.88. The second-order valence-corrected chi connectivity index (χ2v) is 5.44. The van der Waals surface area contributed by atoms with Gasteiger partial charge in [-0.2, -0.15) is 0 Å². The minimum absolute atomic E-state index is 0.422. The van der Waals surface area contributed by atoms with Crippen LogP contribution in [0.4, 0.5) is 0 Å². The number of piperazine rings is 1. The summed E-state index contributed by atoms with van der Waals surface area (Å²) < 4.78 is 0. The maximum atomic E-state index is 11.5. The molecule has 1 aromatic carbocycles. The maximum Gasteiger partial charge on any atom is 0.312 e. The molecule has 1 saturated heterocycles. The number of benzene rings is 1. The summed E-state index contributed by atoms with van der Waals surface area (Å²) in [7, 11) is 0. The van der Waals surface area contributed by atoms with Crippen LogP contribution in [0, 0.1) is 0 Å². The highest BCUT2D eigenvalue weighted by molar-refractivity contribution is 5.76. The monoisotopic (exact) mass is 276 g/mol. The zero-order chi connectivity index (χ0) is 14.4. The predicted molar refractivity (Wildman–Crippen MR) is 80.0 cm³/mol. The van der Waals surface area contributed by atoms with Crippen LogP contribution in [0.5, 0.6) is 0 Å². The van der Waals surface area contributed by atoms with Crippen LogP contribution in [-0.2, 0) is 4.79 Å². The minimum Gasteiger partial charge on any atom is -0.481 e. The minimum atomic E-state index is -0.729. The van der Waals surface area contributed by atoms with E-state index in [1.165, 1.54) is 6.42 Å². The molecule has 110 valence electrons. The number of carbonyl (C=O) groups is 1. The molecule has 0 spiro atoms. The Morgan fingerprint density at radius 1 is 1.15 bits per heavy atom. The number of nitrogens with zero attached hydrogens (tertiary/aromatic N) is 2.